The lowest BCUT2D eigenvalue weighted by Crippen LogP contribution is -2.14. The van der Waals surface area contributed by atoms with Crippen LogP contribution in [0.25, 0.3) is 0 Å². The molecule has 0 fully saturated rings. The fourth-order valence-corrected chi connectivity index (χ4v) is 2.43. The van der Waals surface area contributed by atoms with Crippen LogP contribution in [-0.2, 0) is 11.2 Å². The van der Waals surface area contributed by atoms with Crippen molar-refractivity contribution in [2.45, 2.75) is 19.8 Å². The molecule has 0 heterocycles. The van der Waals surface area contributed by atoms with Gasteiger partial charge in [-0.3, -0.25) is 4.79 Å². The lowest BCUT2D eigenvalue weighted by molar-refractivity contribution is -0.116. The van der Waals surface area contributed by atoms with Crippen molar-refractivity contribution >= 4 is 17.6 Å². The van der Waals surface area contributed by atoms with Crippen LogP contribution in [-0.4, -0.2) is 31.2 Å². The number of carbonyl (C=O) groups excluding carboxylic acids is 1. The zero-order valence-corrected chi connectivity index (χ0v) is 14.5. The number of hydrogen-bond donors (Lipinski definition) is 2. The largest absolute Gasteiger partial charge is 0.497 e. The van der Waals surface area contributed by atoms with Gasteiger partial charge in [0, 0.05) is 12.1 Å². The minimum atomic E-state index is -1.03. The highest BCUT2D eigenvalue weighted by molar-refractivity contribution is 5.94. The van der Waals surface area contributed by atoms with Crippen LogP contribution >= 0.6 is 0 Å². The molecular formula is C19H21NO5. The van der Waals surface area contributed by atoms with Crippen molar-refractivity contribution in [1.82, 2.24) is 0 Å². The summed E-state index contributed by atoms with van der Waals surface area (Å²) in [7, 11) is 3.16. The van der Waals surface area contributed by atoms with E-state index in [0.717, 1.165) is 11.1 Å². The number of rotatable bonds is 7. The summed E-state index contributed by atoms with van der Waals surface area (Å²) >= 11 is 0. The van der Waals surface area contributed by atoms with Gasteiger partial charge in [-0.1, -0.05) is 6.07 Å². The van der Waals surface area contributed by atoms with Gasteiger partial charge in [0.25, 0.3) is 0 Å². The quantitative estimate of drug-likeness (QED) is 0.806. The van der Waals surface area contributed by atoms with E-state index in [-0.39, 0.29) is 17.9 Å². The molecule has 0 radical (unpaired) electrons. The van der Waals surface area contributed by atoms with Crippen LogP contribution in [0.1, 0.15) is 27.9 Å². The number of carboxylic acids is 1. The molecule has 0 aliphatic heterocycles. The maximum atomic E-state index is 12.2. The molecule has 0 aromatic heterocycles. The summed E-state index contributed by atoms with van der Waals surface area (Å²) in [6, 6.07) is 10.1. The van der Waals surface area contributed by atoms with E-state index in [4.69, 9.17) is 14.6 Å². The third kappa shape index (κ3) is 4.73. The van der Waals surface area contributed by atoms with Crippen LogP contribution in [0.15, 0.2) is 36.4 Å². The number of nitrogens with one attached hydrogen (secondary N) is 1. The molecule has 6 nitrogen and oxygen atoms in total. The molecule has 1 amide bonds. The van der Waals surface area contributed by atoms with Crippen molar-refractivity contribution in [2.24, 2.45) is 0 Å². The minimum Gasteiger partial charge on any atom is -0.497 e. The van der Waals surface area contributed by atoms with E-state index >= 15 is 0 Å². The highest BCUT2D eigenvalue weighted by Crippen LogP contribution is 2.25. The highest BCUT2D eigenvalue weighted by atomic mass is 16.5. The van der Waals surface area contributed by atoms with Gasteiger partial charge in [-0.05, 0) is 54.8 Å². The number of anilines is 1. The Kier molecular flexibility index (Phi) is 6.00. The Balaban J connectivity index is 2.06. The highest BCUT2D eigenvalue weighted by Gasteiger charge is 2.11. The van der Waals surface area contributed by atoms with Crippen molar-refractivity contribution < 1.29 is 24.2 Å². The zero-order chi connectivity index (χ0) is 18.4. The number of ether oxygens (including phenoxy) is 2. The molecule has 0 saturated carbocycles. The SMILES string of the molecule is COc1ccc(OC)c(CCC(=O)Nc2cc(C(=O)O)ccc2C)c1. The molecule has 0 atom stereocenters. The van der Waals surface area contributed by atoms with E-state index < -0.39 is 5.97 Å². The van der Waals surface area contributed by atoms with E-state index in [1.807, 2.05) is 13.0 Å². The van der Waals surface area contributed by atoms with Crippen molar-refractivity contribution in [1.29, 1.82) is 0 Å². The Labute approximate surface area is 146 Å². The van der Waals surface area contributed by atoms with Crippen LogP contribution in [0, 0.1) is 6.92 Å². The van der Waals surface area contributed by atoms with Gasteiger partial charge in [0.05, 0.1) is 19.8 Å². The van der Waals surface area contributed by atoms with Crippen molar-refractivity contribution in [3.63, 3.8) is 0 Å². The van der Waals surface area contributed by atoms with Crippen molar-refractivity contribution in [2.75, 3.05) is 19.5 Å². The average Bonchev–Trinajstić information content (AvgIpc) is 2.61. The Morgan fingerprint density at radius 3 is 2.48 bits per heavy atom. The molecule has 0 aliphatic rings. The van der Waals surface area contributed by atoms with Crippen LogP contribution in [0.5, 0.6) is 11.5 Å². The molecule has 0 aliphatic carbocycles. The Morgan fingerprint density at radius 2 is 1.84 bits per heavy atom. The van der Waals surface area contributed by atoms with Gasteiger partial charge in [-0.15, -0.1) is 0 Å². The second kappa shape index (κ2) is 8.19. The number of hydrogen-bond acceptors (Lipinski definition) is 4. The number of carboxylic acid groups (broad SMARTS) is 1. The summed E-state index contributed by atoms with van der Waals surface area (Å²) in [6.07, 6.45) is 0.712. The zero-order valence-electron chi connectivity index (χ0n) is 14.5. The Morgan fingerprint density at radius 1 is 1.08 bits per heavy atom. The van der Waals surface area contributed by atoms with Gasteiger partial charge in [0.15, 0.2) is 0 Å². The van der Waals surface area contributed by atoms with Gasteiger partial charge >= 0.3 is 5.97 Å². The van der Waals surface area contributed by atoms with E-state index in [9.17, 15) is 9.59 Å². The number of benzene rings is 2. The number of carbonyl (C=O) groups is 2. The standard InChI is InChI=1S/C19H21NO5/c1-12-4-5-14(19(22)23)11-16(12)20-18(21)9-6-13-10-15(24-2)7-8-17(13)25-3/h4-5,7-8,10-11H,6,9H2,1-3H3,(H,20,21)(H,22,23). The summed E-state index contributed by atoms with van der Waals surface area (Å²) in [5, 5.41) is 11.8. The molecule has 2 aromatic carbocycles. The van der Waals surface area contributed by atoms with Gasteiger partial charge in [0.1, 0.15) is 11.5 Å². The summed E-state index contributed by atoms with van der Waals surface area (Å²) in [5.41, 5.74) is 2.31. The molecule has 6 heteroatoms. The van der Waals surface area contributed by atoms with Crippen LogP contribution < -0.4 is 14.8 Å². The van der Waals surface area contributed by atoms with E-state index in [0.29, 0.717) is 23.6 Å². The summed E-state index contributed by atoms with van der Waals surface area (Å²) in [4.78, 5) is 23.3. The number of methoxy groups -OCH3 is 2. The summed E-state index contributed by atoms with van der Waals surface area (Å²) in [6.45, 7) is 1.81. The van der Waals surface area contributed by atoms with E-state index in [1.54, 1.807) is 32.4 Å². The minimum absolute atomic E-state index is 0.135. The van der Waals surface area contributed by atoms with E-state index in [2.05, 4.69) is 5.32 Å². The third-order valence-corrected chi connectivity index (χ3v) is 3.87. The molecule has 25 heavy (non-hydrogen) atoms. The van der Waals surface area contributed by atoms with Crippen LogP contribution in [0.3, 0.4) is 0 Å². The normalized spacial score (nSPS) is 10.2. The predicted molar refractivity (Wildman–Crippen MR) is 94.6 cm³/mol. The van der Waals surface area contributed by atoms with Crippen LogP contribution in [0.4, 0.5) is 5.69 Å². The molecular weight excluding hydrogens is 322 g/mol. The summed E-state index contributed by atoms with van der Waals surface area (Å²) in [5.74, 6) is 0.158. The second-order valence-corrected chi connectivity index (χ2v) is 5.56. The molecule has 2 N–H and O–H groups in total. The smallest absolute Gasteiger partial charge is 0.335 e. The molecule has 0 spiro atoms. The molecule has 2 rings (SSSR count). The predicted octanol–water partition coefficient (Wildman–Crippen LogP) is 3.28. The topological polar surface area (TPSA) is 84.9 Å². The maximum Gasteiger partial charge on any atom is 0.335 e. The lowest BCUT2D eigenvalue weighted by Gasteiger charge is -2.12. The first kappa shape index (κ1) is 18.3. The first-order valence-corrected chi connectivity index (χ1v) is 7.79. The number of aromatic carboxylic acids is 1. The molecule has 132 valence electrons. The fourth-order valence-electron chi connectivity index (χ4n) is 2.43. The number of aryl methyl sites for hydroxylation is 2. The molecule has 0 saturated heterocycles. The van der Waals surface area contributed by atoms with E-state index in [1.165, 1.54) is 12.1 Å². The third-order valence-electron chi connectivity index (χ3n) is 3.87. The van der Waals surface area contributed by atoms with Crippen molar-refractivity contribution in [3.05, 3.63) is 53.1 Å². The van der Waals surface area contributed by atoms with Crippen LogP contribution in [0.2, 0.25) is 0 Å². The van der Waals surface area contributed by atoms with Crippen molar-refractivity contribution in [3.8, 4) is 11.5 Å². The average molecular weight is 343 g/mol. The fraction of sp³-hybridized carbons (Fsp3) is 0.263. The second-order valence-electron chi connectivity index (χ2n) is 5.56. The van der Waals surface area contributed by atoms with Gasteiger partial charge in [-0.25, -0.2) is 4.79 Å². The van der Waals surface area contributed by atoms with Gasteiger partial charge < -0.3 is 19.9 Å². The molecule has 0 unspecified atom stereocenters. The first-order chi connectivity index (χ1) is 11.9. The molecule has 0 bridgehead atoms. The van der Waals surface area contributed by atoms with Gasteiger partial charge in [0.2, 0.25) is 5.91 Å². The first-order valence-electron chi connectivity index (χ1n) is 7.79. The monoisotopic (exact) mass is 343 g/mol. The Hall–Kier alpha value is -3.02. The molecule has 2 aromatic rings. The number of amides is 1. The maximum absolute atomic E-state index is 12.2. The summed E-state index contributed by atoms with van der Waals surface area (Å²) < 4.78 is 10.5. The lowest BCUT2D eigenvalue weighted by atomic mass is 10.1. The Bertz CT molecular complexity index is 785. The van der Waals surface area contributed by atoms with Gasteiger partial charge in [-0.2, -0.15) is 0 Å².